The number of halogens is 1. The Morgan fingerprint density at radius 3 is 2.77 bits per heavy atom. The summed E-state index contributed by atoms with van der Waals surface area (Å²) >= 11 is 0. The van der Waals surface area contributed by atoms with Crippen LogP contribution in [0.25, 0.3) is 0 Å². The number of hydrogen-bond acceptors (Lipinski definition) is 3. The molecule has 0 spiro atoms. The highest BCUT2D eigenvalue weighted by Gasteiger charge is 2.41. The highest BCUT2D eigenvalue weighted by Crippen LogP contribution is 2.27. The van der Waals surface area contributed by atoms with Crippen molar-refractivity contribution in [2.45, 2.75) is 44.9 Å². The Hall–Kier alpha value is -0.800. The number of hydrogen-bond donors (Lipinski definition) is 0. The van der Waals surface area contributed by atoms with Gasteiger partial charge in [-0.3, -0.25) is 0 Å². The molecule has 0 aromatic rings. The van der Waals surface area contributed by atoms with Crippen molar-refractivity contribution in [1.29, 1.82) is 0 Å². The van der Waals surface area contributed by atoms with Crippen LogP contribution in [0.4, 0.5) is 9.18 Å². The molecule has 76 valence electrons. The molecule has 0 aromatic carbocycles. The van der Waals surface area contributed by atoms with Gasteiger partial charge in [-0.05, 0) is 6.42 Å². The number of cyclic esters (lactones) is 2. The van der Waals surface area contributed by atoms with Crippen LogP contribution in [0.5, 0.6) is 0 Å². The molecule has 0 radical (unpaired) electrons. The summed E-state index contributed by atoms with van der Waals surface area (Å²) in [5.41, 5.74) is 0. The fourth-order valence-corrected chi connectivity index (χ4v) is 1.31. The number of rotatable bonds is 5. The average molecular weight is 190 g/mol. The van der Waals surface area contributed by atoms with E-state index in [1.165, 1.54) is 0 Å². The number of unbranched alkanes of at least 4 members (excludes halogenated alkanes) is 3. The molecule has 4 heteroatoms. The van der Waals surface area contributed by atoms with Crippen molar-refractivity contribution in [3.05, 3.63) is 0 Å². The zero-order valence-electron chi connectivity index (χ0n) is 7.85. The average Bonchev–Trinajstić information content (AvgIpc) is 2.41. The third kappa shape index (κ3) is 3.20. The lowest BCUT2D eigenvalue weighted by molar-refractivity contribution is -0.0677. The van der Waals surface area contributed by atoms with Gasteiger partial charge in [0.1, 0.15) is 0 Å². The summed E-state index contributed by atoms with van der Waals surface area (Å²) in [5.74, 6) is -1.86. The van der Waals surface area contributed by atoms with Crippen molar-refractivity contribution in [2.75, 3.05) is 6.61 Å². The minimum absolute atomic E-state index is 0.249. The molecule has 0 N–H and O–H groups in total. The number of alkyl halides is 1. The maximum absolute atomic E-state index is 13.4. The molecule has 0 saturated carbocycles. The number of carbonyl (C=O) groups excluding carboxylic acids is 1. The van der Waals surface area contributed by atoms with Crippen LogP contribution >= 0.6 is 0 Å². The van der Waals surface area contributed by atoms with Gasteiger partial charge in [-0.1, -0.05) is 26.2 Å². The molecule has 1 atom stereocenters. The van der Waals surface area contributed by atoms with Gasteiger partial charge in [0.05, 0.1) is 0 Å². The van der Waals surface area contributed by atoms with Crippen LogP contribution in [0.1, 0.15) is 39.0 Å². The van der Waals surface area contributed by atoms with Gasteiger partial charge >= 0.3 is 6.16 Å². The predicted molar refractivity (Wildman–Crippen MR) is 45.0 cm³/mol. The van der Waals surface area contributed by atoms with Crippen LogP contribution in [-0.4, -0.2) is 18.6 Å². The summed E-state index contributed by atoms with van der Waals surface area (Å²) in [6.07, 6.45) is 3.26. The van der Waals surface area contributed by atoms with Gasteiger partial charge in [0.15, 0.2) is 6.61 Å². The lowest BCUT2D eigenvalue weighted by Crippen LogP contribution is -2.25. The second kappa shape index (κ2) is 4.44. The third-order valence-electron chi connectivity index (χ3n) is 2.08. The van der Waals surface area contributed by atoms with Gasteiger partial charge in [0, 0.05) is 6.42 Å². The van der Waals surface area contributed by atoms with E-state index < -0.39 is 12.0 Å². The molecular formula is C9H15FO3. The van der Waals surface area contributed by atoms with Crippen LogP contribution in [0.3, 0.4) is 0 Å². The molecule has 1 heterocycles. The largest absolute Gasteiger partial charge is 0.511 e. The second-order valence-corrected chi connectivity index (χ2v) is 3.33. The van der Waals surface area contributed by atoms with Crippen molar-refractivity contribution in [3.8, 4) is 0 Å². The van der Waals surface area contributed by atoms with E-state index in [4.69, 9.17) is 0 Å². The first-order chi connectivity index (χ1) is 6.16. The summed E-state index contributed by atoms with van der Waals surface area (Å²) in [6, 6.07) is 0. The highest BCUT2D eigenvalue weighted by atomic mass is 19.2. The zero-order chi connectivity index (χ0) is 9.73. The Kier molecular flexibility index (Phi) is 3.51. The quantitative estimate of drug-likeness (QED) is 0.494. The van der Waals surface area contributed by atoms with Gasteiger partial charge < -0.3 is 9.47 Å². The summed E-state index contributed by atoms with van der Waals surface area (Å²) in [6.45, 7) is 1.84. The van der Waals surface area contributed by atoms with E-state index in [0.717, 1.165) is 25.7 Å². The maximum atomic E-state index is 13.4. The van der Waals surface area contributed by atoms with Gasteiger partial charge in [-0.25, -0.2) is 4.79 Å². The first-order valence-electron chi connectivity index (χ1n) is 4.71. The van der Waals surface area contributed by atoms with Crippen molar-refractivity contribution >= 4 is 6.16 Å². The minimum Gasteiger partial charge on any atom is -0.427 e. The molecule has 1 fully saturated rings. The van der Waals surface area contributed by atoms with E-state index in [0.29, 0.717) is 0 Å². The summed E-state index contributed by atoms with van der Waals surface area (Å²) < 4.78 is 22.2. The Bertz CT molecular complexity index is 184. The first-order valence-corrected chi connectivity index (χ1v) is 4.71. The van der Waals surface area contributed by atoms with E-state index in [1.54, 1.807) is 0 Å². The first kappa shape index (κ1) is 10.3. The molecule has 1 saturated heterocycles. The summed E-state index contributed by atoms with van der Waals surface area (Å²) in [4.78, 5) is 10.5. The fraction of sp³-hybridized carbons (Fsp3) is 0.889. The van der Waals surface area contributed by atoms with Crippen molar-refractivity contribution in [3.63, 3.8) is 0 Å². The Morgan fingerprint density at radius 2 is 2.23 bits per heavy atom. The van der Waals surface area contributed by atoms with Crippen molar-refractivity contribution < 1.29 is 18.7 Å². The predicted octanol–water partition coefficient (Wildman–Crippen LogP) is 2.79. The Labute approximate surface area is 77.2 Å². The van der Waals surface area contributed by atoms with E-state index in [9.17, 15) is 9.18 Å². The lowest BCUT2D eigenvalue weighted by atomic mass is 10.1. The normalized spacial score (nSPS) is 27.1. The summed E-state index contributed by atoms with van der Waals surface area (Å²) in [7, 11) is 0. The Morgan fingerprint density at radius 1 is 1.46 bits per heavy atom. The van der Waals surface area contributed by atoms with Crippen LogP contribution in [0.2, 0.25) is 0 Å². The lowest BCUT2D eigenvalue weighted by Gasteiger charge is -2.13. The molecule has 3 nitrogen and oxygen atoms in total. The van der Waals surface area contributed by atoms with Crippen molar-refractivity contribution in [1.82, 2.24) is 0 Å². The maximum Gasteiger partial charge on any atom is 0.511 e. The third-order valence-corrected chi connectivity index (χ3v) is 2.08. The Balaban J connectivity index is 2.16. The van der Waals surface area contributed by atoms with Crippen LogP contribution in [-0.2, 0) is 9.47 Å². The highest BCUT2D eigenvalue weighted by molar-refractivity contribution is 5.62. The topological polar surface area (TPSA) is 35.5 Å². The second-order valence-electron chi connectivity index (χ2n) is 3.33. The summed E-state index contributed by atoms with van der Waals surface area (Å²) in [5, 5.41) is 0. The fourth-order valence-electron chi connectivity index (χ4n) is 1.31. The van der Waals surface area contributed by atoms with E-state index in [2.05, 4.69) is 16.4 Å². The molecule has 0 bridgehead atoms. The molecule has 0 aromatic heterocycles. The van der Waals surface area contributed by atoms with E-state index >= 15 is 0 Å². The monoisotopic (exact) mass is 190 g/mol. The molecule has 1 rings (SSSR count). The van der Waals surface area contributed by atoms with Crippen LogP contribution < -0.4 is 0 Å². The molecule has 1 aliphatic heterocycles. The van der Waals surface area contributed by atoms with Gasteiger partial charge in [0.2, 0.25) is 0 Å². The molecule has 0 amide bonds. The standard InChI is InChI=1S/C9H15FO3/c1-2-3-4-5-6-9(10)7-12-8(11)13-9/h2-7H2,1H3. The molecule has 1 unspecified atom stereocenters. The van der Waals surface area contributed by atoms with Gasteiger partial charge in [-0.2, -0.15) is 4.39 Å². The smallest absolute Gasteiger partial charge is 0.427 e. The molecule has 1 aliphatic rings. The molecular weight excluding hydrogens is 175 g/mol. The molecule has 13 heavy (non-hydrogen) atoms. The number of ether oxygens (including phenoxy) is 2. The molecule has 0 aliphatic carbocycles. The van der Waals surface area contributed by atoms with Crippen molar-refractivity contribution in [2.24, 2.45) is 0 Å². The van der Waals surface area contributed by atoms with E-state index in [1.807, 2.05) is 0 Å². The van der Waals surface area contributed by atoms with Gasteiger partial charge in [0.25, 0.3) is 5.85 Å². The van der Waals surface area contributed by atoms with E-state index in [-0.39, 0.29) is 13.0 Å². The SMILES string of the molecule is CCCCCCC1(F)COC(=O)O1. The van der Waals surface area contributed by atoms with Crippen LogP contribution in [0.15, 0.2) is 0 Å². The van der Waals surface area contributed by atoms with Crippen LogP contribution in [0, 0.1) is 0 Å². The minimum atomic E-state index is -1.86. The zero-order valence-corrected chi connectivity index (χ0v) is 7.85. The van der Waals surface area contributed by atoms with Gasteiger partial charge in [-0.15, -0.1) is 0 Å². The number of carbonyl (C=O) groups is 1.